The number of nitrogens with zero attached hydrogens (tertiary/aromatic N) is 2. The van der Waals surface area contributed by atoms with E-state index < -0.39 is 0 Å². The van der Waals surface area contributed by atoms with Crippen LogP contribution < -0.4 is 5.32 Å². The first-order valence-corrected chi connectivity index (χ1v) is 5.20. The molecule has 1 rings (SSSR count). The molecule has 1 aromatic rings. The lowest BCUT2D eigenvalue weighted by Crippen LogP contribution is -2.15. The highest BCUT2D eigenvalue weighted by molar-refractivity contribution is 5.37. The van der Waals surface area contributed by atoms with Gasteiger partial charge in [0.25, 0.3) is 0 Å². The van der Waals surface area contributed by atoms with Gasteiger partial charge in [0.1, 0.15) is 6.33 Å². The molecule has 0 saturated carbocycles. The second-order valence-corrected chi connectivity index (χ2v) is 4.14. The third-order valence-corrected chi connectivity index (χ3v) is 2.15. The summed E-state index contributed by atoms with van der Waals surface area (Å²) in [5.74, 6) is 0.770. The molecule has 1 unspecified atom stereocenters. The van der Waals surface area contributed by atoms with Gasteiger partial charge in [0.15, 0.2) is 0 Å². The van der Waals surface area contributed by atoms with Gasteiger partial charge in [0, 0.05) is 6.04 Å². The minimum Gasteiger partial charge on any atom is -0.380 e. The molecule has 14 heavy (non-hydrogen) atoms. The zero-order valence-corrected chi connectivity index (χ0v) is 9.20. The molecular weight excluding hydrogens is 174 g/mol. The van der Waals surface area contributed by atoms with Gasteiger partial charge in [-0.1, -0.05) is 13.8 Å². The SMILES string of the molecule is CC(C)CCC(C)Nc1cncnc1. The summed E-state index contributed by atoms with van der Waals surface area (Å²) in [6, 6.07) is 0.489. The molecule has 1 heterocycles. The van der Waals surface area contributed by atoms with Crippen molar-refractivity contribution in [2.24, 2.45) is 5.92 Å². The maximum atomic E-state index is 3.96. The number of rotatable bonds is 5. The van der Waals surface area contributed by atoms with E-state index >= 15 is 0 Å². The lowest BCUT2D eigenvalue weighted by Gasteiger charge is -2.15. The highest BCUT2D eigenvalue weighted by Gasteiger charge is 2.03. The summed E-state index contributed by atoms with van der Waals surface area (Å²) in [6.45, 7) is 6.69. The lowest BCUT2D eigenvalue weighted by molar-refractivity contribution is 0.527. The van der Waals surface area contributed by atoms with Crippen molar-refractivity contribution in [3.8, 4) is 0 Å². The lowest BCUT2D eigenvalue weighted by atomic mass is 10.0. The summed E-state index contributed by atoms with van der Waals surface area (Å²) in [6.07, 6.45) is 7.59. The molecule has 0 aliphatic heterocycles. The minimum absolute atomic E-state index is 0.489. The van der Waals surface area contributed by atoms with Crippen LogP contribution in [0.3, 0.4) is 0 Å². The summed E-state index contributed by atoms with van der Waals surface area (Å²) in [7, 11) is 0. The molecule has 1 N–H and O–H groups in total. The van der Waals surface area contributed by atoms with Crippen molar-refractivity contribution in [3.63, 3.8) is 0 Å². The topological polar surface area (TPSA) is 37.8 Å². The summed E-state index contributed by atoms with van der Waals surface area (Å²) < 4.78 is 0. The molecule has 0 aliphatic rings. The number of aromatic nitrogens is 2. The predicted octanol–water partition coefficient (Wildman–Crippen LogP) is 2.71. The molecule has 0 aliphatic carbocycles. The van der Waals surface area contributed by atoms with Gasteiger partial charge in [-0.3, -0.25) is 0 Å². The zero-order valence-electron chi connectivity index (χ0n) is 9.20. The first kappa shape index (κ1) is 11.0. The molecule has 78 valence electrons. The Labute approximate surface area is 86.0 Å². The van der Waals surface area contributed by atoms with Crippen molar-refractivity contribution in [2.75, 3.05) is 5.32 Å². The van der Waals surface area contributed by atoms with Gasteiger partial charge in [-0.05, 0) is 25.7 Å². The van der Waals surface area contributed by atoms with E-state index in [1.165, 1.54) is 12.8 Å². The zero-order chi connectivity index (χ0) is 10.4. The number of hydrogen-bond acceptors (Lipinski definition) is 3. The Morgan fingerprint density at radius 2 is 1.79 bits per heavy atom. The maximum absolute atomic E-state index is 3.96. The molecule has 0 bridgehead atoms. The van der Waals surface area contributed by atoms with Crippen LogP contribution in [-0.4, -0.2) is 16.0 Å². The largest absolute Gasteiger partial charge is 0.380 e. The van der Waals surface area contributed by atoms with Gasteiger partial charge in [-0.15, -0.1) is 0 Å². The third-order valence-electron chi connectivity index (χ3n) is 2.15. The summed E-state index contributed by atoms with van der Waals surface area (Å²) in [5, 5.41) is 3.37. The number of nitrogens with one attached hydrogen (secondary N) is 1. The summed E-state index contributed by atoms with van der Waals surface area (Å²) in [5.41, 5.74) is 1.00. The van der Waals surface area contributed by atoms with Gasteiger partial charge in [0.05, 0.1) is 18.1 Å². The van der Waals surface area contributed by atoms with Crippen molar-refractivity contribution < 1.29 is 0 Å². The van der Waals surface area contributed by atoms with Crippen LogP contribution in [-0.2, 0) is 0 Å². The second-order valence-electron chi connectivity index (χ2n) is 4.14. The van der Waals surface area contributed by atoms with E-state index in [1.54, 1.807) is 18.7 Å². The van der Waals surface area contributed by atoms with Crippen molar-refractivity contribution in [2.45, 2.75) is 39.7 Å². The average molecular weight is 193 g/mol. The van der Waals surface area contributed by atoms with Gasteiger partial charge in [0.2, 0.25) is 0 Å². The first-order valence-electron chi connectivity index (χ1n) is 5.20. The molecule has 1 atom stereocenters. The average Bonchev–Trinajstić information content (AvgIpc) is 2.16. The van der Waals surface area contributed by atoms with E-state index in [1.807, 2.05) is 0 Å². The number of anilines is 1. The molecule has 0 aromatic carbocycles. The normalized spacial score (nSPS) is 12.9. The smallest absolute Gasteiger partial charge is 0.115 e. The van der Waals surface area contributed by atoms with Crippen LogP contribution >= 0.6 is 0 Å². The Bertz CT molecular complexity index is 246. The van der Waals surface area contributed by atoms with Crippen LogP contribution in [0, 0.1) is 5.92 Å². The monoisotopic (exact) mass is 193 g/mol. The van der Waals surface area contributed by atoms with Crippen molar-refractivity contribution in [3.05, 3.63) is 18.7 Å². The standard InChI is InChI=1S/C11H19N3/c1-9(2)4-5-10(3)14-11-6-12-8-13-7-11/h6-10,14H,4-5H2,1-3H3. The van der Waals surface area contributed by atoms with Crippen LogP contribution in [0.2, 0.25) is 0 Å². The van der Waals surface area contributed by atoms with Gasteiger partial charge < -0.3 is 5.32 Å². The maximum Gasteiger partial charge on any atom is 0.115 e. The highest BCUT2D eigenvalue weighted by Crippen LogP contribution is 2.10. The Kier molecular flexibility index (Phi) is 4.36. The van der Waals surface area contributed by atoms with E-state index in [4.69, 9.17) is 0 Å². The van der Waals surface area contributed by atoms with Crippen LogP contribution in [0.4, 0.5) is 5.69 Å². The van der Waals surface area contributed by atoms with Crippen molar-refractivity contribution in [1.82, 2.24) is 9.97 Å². The minimum atomic E-state index is 0.489. The summed E-state index contributed by atoms with van der Waals surface area (Å²) in [4.78, 5) is 7.92. The first-order chi connectivity index (χ1) is 6.68. The fourth-order valence-corrected chi connectivity index (χ4v) is 1.31. The molecule has 3 nitrogen and oxygen atoms in total. The van der Waals surface area contributed by atoms with Gasteiger partial charge in [-0.25, -0.2) is 9.97 Å². The summed E-state index contributed by atoms with van der Waals surface area (Å²) >= 11 is 0. The second kappa shape index (κ2) is 5.58. The van der Waals surface area contributed by atoms with Crippen LogP contribution in [0.25, 0.3) is 0 Å². The van der Waals surface area contributed by atoms with Crippen molar-refractivity contribution in [1.29, 1.82) is 0 Å². The molecule has 0 amide bonds. The molecule has 0 radical (unpaired) electrons. The highest BCUT2D eigenvalue weighted by atomic mass is 14.9. The Morgan fingerprint density at radius 3 is 2.36 bits per heavy atom. The molecule has 0 fully saturated rings. The quantitative estimate of drug-likeness (QED) is 0.781. The van der Waals surface area contributed by atoms with Crippen molar-refractivity contribution >= 4 is 5.69 Å². The Balaban J connectivity index is 2.30. The molecule has 1 aromatic heterocycles. The van der Waals surface area contributed by atoms with Gasteiger partial charge >= 0.3 is 0 Å². The molecular formula is C11H19N3. The van der Waals surface area contributed by atoms with Gasteiger partial charge in [-0.2, -0.15) is 0 Å². The fourth-order valence-electron chi connectivity index (χ4n) is 1.31. The Morgan fingerprint density at radius 1 is 1.14 bits per heavy atom. The van der Waals surface area contributed by atoms with E-state index in [-0.39, 0.29) is 0 Å². The van der Waals surface area contributed by atoms with E-state index in [2.05, 4.69) is 36.1 Å². The van der Waals surface area contributed by atoms with Crippen LogP contribution in [0.5, 0.6) is 0 Å². The molecule has 0 spiro atoms. The Hall–Kier alpha value is -1.12. The fraction of sp³-hybridized carbons (Fsp3) is 0.636. The van der Waals surface area contributed by atoms with E-state index in [9.17, 15) is 0 Å². The molecule has 0 saturated heterocycles. The number of hydrogen-bond donors (Lipinski definition) is 1. The molecule has 3 heteroatoms. The van der Waals surface area contributed by atoms with Crippen LogP contribution in [0.1, 0.15) is 33.6 Å². The predicted molar refractivity (Wildman–Crippen MR) is 59.2 cm³/mol. The van der Waals surface area contributed by atoms with Crippen LogP contribution in [0.15, 0.2) is 18.7 Å². The third kappa shape index (κ3) is 4.21. The van der Waals surface area contributed by atoms with E-state index in [0.717, 1.165) is 11.6 Å². The van der Waals surface area contributed by atoms with E-state index in [0.29, 0.717) is 6.04 Å².